The highest BCUT2D eigenvalue weighted by Crippen LogP contribution is 2.31. The van der Waals surface area contributed by atoms with Crippen LogP contribution in [0.4, 0.5) is 16.2 Å². The molecule has 0 aliphatic carbocycles. The van der Waals surface area contributed by atoms with E-state index in [1.54, 1.807) is 36.3 Å². The van der Waals surface area contributed by atoms with Crippen molar-refractivity contribution in [2.75, 3.05) is 50.5 Å². The van der Waals surface area contributed by atoms with Gasteiger partial charge >= 0.3 is 6.03 Å². The number of benzene rings is 3. The molecular weight excluding hydrogens is 432 g/mol. The molecule has 0 aromatic heterocycles. The van der Waals surface area contributed by atoms with Crippen LogP contribution in [0, 0.1) is 0 Å². The summed E-state index contributed by atoms with van der Waals surface area (Å²) in [7, 11) is 1.60. The number of piperazine rings is 1. The van der Waals surface area contributed by atoms with Gasteiger partial charge in [0.1, 0.15) is 5.75 Å². The summed E-state index contributed by atoms with van der Waals surface area (Å²) in [6.07, 6.45) is 0. The molecule has 0 saturated carbocycles. The number of amides is 3. The number of anilines is 2. The highest BCUT2D eigenvalue weighted by Gasteiger charge is 2.22. The molecule has 176 valence electrons. The van der Waals surface area contributed by atoms with Gasteiger partial charge in [0.05, 0.1) is 13.7 Å². The zero-order valence-electron chi connectivity index (χ0n) is 19.1. The molecular formula is C26H28N4O4. The normalized spacial score (nSPS) is 13.7. The molecule has 0 radical (unpaired) electrons. The number of carbonyl (C=O) groups excluding carboxylic acids is 2. The maximum atomic E-state index is 12.7. The van der Waals surface area contributed by atoms with Crippen molar-refractivity contribution in [3.8, 4) is 17.2 Å². The zero-order valence-corrected chi connectivity index (χ0v) is 19.1. The van der Waals surface area contributed by atoms with Gasteiger partial charge in [0.2, 0.25) is 5.91 Å². The summed E-state index contributed by atoms with van der Waals surface area (Å²) in [4.78, 5) is 28.7. The first kappa shape index (κ1) is 23.1. The lowest BCUT2D eigenvalue weighted by Gasteiger charge is -2.34. The van der Waals surface area contributed by atoms with Gasteiger partial charge in [-0.3, -0.25) is 9.69 Å². The lowest BCUT2D eigenvalue weighted by Crippen LogP contribution is -2.51. The van der Waals surface area contributed by atoms with Crippen LogP contribution in [0.15, 0.2) is 78.9 Å². The minimum atomic E-state index is -0.160. The number of urea groups is 1. The molecule has 4 rings (SSSR count). The van der Waals surface area contributed by atoms with E-state index in [1.165, 1.54) is 0 Å². The first-order valence-electron chi connectivity index (χ1n) is 11.1. The standard InChI is InChI=1S/C26H28N4O4/c1-33-23-9-5-6-10-24(23)34-22-13-11-21(12-14-22)28-26(32)30-17-15-29(16-18-30)19-25(31)27-20-7-3-2-4-8-20/h2-14H,15-19H2,1H3,(H,27,31)(H,28,32). The van der Waals surface area contributed by atoms with Crippen LogP contribution >= 0.6 is 0 Å². The average Bonchev–Trinajstić information content (AvgIpc) is 2.86. The molecule has 1 saturated heterocycles. The quantitative estimate of drug-likeness (QED) is 0.550. The van der Waals surface area contributed by atoms with E-state index in [-0.39, 0.29) is 11.9 Å². The Morgan fingerprint density at radius 2 is 1.38 bits per heavy atom. The highest BCUT2D eigenvalue weighted by atomic mass is 16.5. The number of rotatable bonds is 7. The Bertz CT molecular complexity index is 1100. The molecule has 0 unspecified atom stereocenters. The van der Waals surface area contributed by atoms with Crippen LogP contribution in [0.1, 0.15) is 0 Å². The van der Waals surface area contributed by atoms with E-state index in [0.29, 0.717) is 55.7 Å². The van der Waals surface area contributed by atoms with Gasteiger partial charge in [0.15, 0.2) is 11.5 Å². The molecule has 1 aliphatic heterocycles. The molecule has 3 aromatic carbocycles. The minimum Gasteiger partial charge on any atom is -0.493 e. The van der Waals surface area contributed by atoms with Crippen molar-refractivity contribution in [3.63, 3.8) is 0 Å². The summed E-state index contributed by atoms with van der Waals surface area (Å²) < 4.78 is 11.2. The van der Waals surface area contributed by atoms with Crippen molar-refractivity contribution in [1.29, 1.82) is 0 Å². The molecule has 0 atom stereocenters. The number of carbonyl (C=O) groups is 2. The minimum absolute atomic E-state index is 0.0560. The molecule has 0 bridgehead atoms. The third-order valence-corrected chi connectivity index (χ3v) is 5.49. The number of hydrogen-bond acceptors (Lipinski definition) is 5. The Hall–Kier alpha value is -4.04. The van der Waals surface area contributed by atoms with E-state index >= 15 is 0 Å². The third-order valence-electron chi connectivity index (χ3n) is 5.49. The fraction of sp³-hybridized carbons (Fsp3) is 0.231. The largest absolute Gasteiger partial charge is 0.493 e. The fourth-order valence-electron chi connectivity index (χ4n) is 3.67. The van der Waals surface area contributed by atoms with Crippen LogP contribution in [0.3, 0.4) is 0 Å². The van der Waals surface area contributed by atoms with Crippen LogP contribution in [0.5, 0.6) is 17.2 Å². The van der Waals surface area contributed by atoms with Gasteiger partial charge in [-0.2, -0.15) is 0 Å². The summed E-state index contributed by atoms with van der Waals surface area (Å²) >= 11 is 0. The summed E-state index contributed by atoms with van der Waals surface area (Å²) in [6, 6.07) is 23.8. The Balaban J connectivity index is 1.22. The van der Waals surface area contributed by atoms with Gasteiger partial charge in [-0.1, -0.05) is 30.3 Å². The number of nitrogens with one attached hydrogen (secondary N) is 2. The van der Waals surface area contributed by atoms with E-state index in [2.05, 4.69) is 10.6 Å². The van der Waals surface area contributed by atoms with Crippen molar-refractivity contribution in [3.05, 3.63) is 78.9 Å². The molecule has 3 amide bonds. The highest BCUT2D eigenvalue weighted by molar-refractivity contribution is 5.92. The second kappa shape index (κ2) is 11.2. The molecule has 0 spiro atoms. The van der Waals surface area contributed by atoms with Gasteiger partial charge in [0.25, 0.3) is 0 Å². The monoisotopic (exact) mass is 460 g/mol. The number of para-hydroxylation sites is 3. The topological polar surface area (TPSA) is 83.1 Å². The van der Waals surface area contributed by atoms with Gasteiger partial charge in [-0.25, -0.2) is 4.79 Å². The van der Waals surface area contributed by atoms with Crippen LogP contribution in [-0.4, -0.2) is 61.6 Å². The summed E-state index contributed by atoms with van der Waals surface area (Å²) in [5, 5.41) is 5.81. The third kappa shape index (κ3) is 6.26. The molecule has 8 nitrogen and oxygen atoms in total. The average molecular weight is 461 g/mol. The summed E-state index contributed by atoms with van der Waals surface area (Å²) in [5.74, 6) is 1.86. The molecule has 1 fully saturated rings. The van der Waals surface area contributed by atoms with E-state index in [1.807, 2.05) is 59.5 Å². The Kier molecular flexibility index (Phi) is 7.62. The molecule has 8 heteroatoms. The molecule has 1 heterocycles. The van der Waals surface area contributed by atoms with Crippen molar-refractivity contribution < 1.29 is 19.1 Å². The summed E-state index contributed by atoms with van der Waals surface area (Å²) in [6.45, 7) is 2.69. The number of methoxy groups -OCH3 is 1. The van der Waals surface area contributed by atoms with Crippen molar-refractivity contribution in [1.82, 2.24) is 9.80 Å². The lowest BCUT2D eigenvalue weighted by molar-refractivity contribution is -0.117. The lowest BCUT2D eigenvalue weighted by atomic mass is 10.3. The maximum Gasteiger partial charge on any atom is 0.321 e. The number of hydrogen-bond donors (Lipinski definition) is 2. The van der Waals surface area contributed by atoms with Crippen molar-refractivity contribution in [2.45, 2.75) is 0 Å². The van der Waals surface area contributed by atoms with Gasteiger partial charge < -0.3 is 25.0 Å². The van der Waals surface area contributed by atoms with E-state index in [0.717, 1.165) is 5.69 Å². The second-order valence-electron chi connectivity index (χ2n) is 7.88. The molecule has 3 aromatic rings. The van der Waals surface area contributed by atoms with Gasteiger partial charge in [0, 0.05) is 37.6 Å². The van der Waals surface area contributed by atoms with Gasteiger partial charge in [-0.05, 0) is 48.5 Å². The zero-order chi connectivity index (χ0) is 23.8. The number of ether oxygens (including phenoxy) is 2. The van der Waals surface area contributed by atoms with Crippen molar-refractivity contribution in [2.24, 2.45) is 0 Å². The SMILES string of the molecule is COc1ccccc1Oc1ccc(NC(=O)N2CCN(CC(=O)Nc3ccccc3)CC2)cc1. The fourth-order valence-corrected chi connectivity index (χ4v) is 3.67. The predicted octanol–water partition coefficient (Wildman–Crippen LogP) is 4.28. The molecule has 34 heavy (non-hydrogen) atoms. The van der Waals surface area contributed by atoms with Crippen LogP contribution in [0.2, 0.25) is 0 Å². The van der Waals surface area contributed by atoms with E-state index in [4.69, 9.17) is 9.47 Å². The first-order chi connectivity index (χ1) is 16.6. The van der Waals surface area contributed by atoms with Crippen LogP contribution in [0.25, 0.3) is 0 Å². The Morgan fingerprint density at radius 1 is 0.765 bits per heavy atom. The Morgan fingerprint density at radius 3 is 2.06 bits per heavy atom. The summed E-state index contributed by atoms with van der Waals surface area (Å²) in [5.41, 5.74) is 1.46. The van der Waals surface area contributed by atoms with Crippen LogP contribution < -0.4 is 20.1 Å². The van der Waals surface area contributed by atoms with Gasteiger partial charge in [-0.15, -0.1) is 0 Å². The first-order valence-corrected chi connectivity index (χ1v) is 11.1. The van der Waals surface area contributed by atoms with Crippen molar-refractivity contribution >= 4 is 23.3 Å². The maximum absolute atomic E-state index is 12.7. The van der Waals surface area contributed by atoms with E-state index in [9.17, 15) is 9.59 Å². The van der Waals surface area contributed by atoms with E-state index < -0.39 is 0 Å². The smallest absolute Gasteiger partial charge is 0.321 e. The molecule has 2 N–H and O–H groups in total. The Labute approximate surface area is 199 Å². The predicted molar refractivity (Wildman–Crippen MR) is 132 cm³/mol. The molecule has 1 aliphatic rings. The van der Waals surface area contributed by atoms with Crippen LogP contribution in [-0.2, 0) is 4.79 Å². The second-order valence-corrected chi connectivity index (χ2v) is 7.88. The number of nitrogens with zero attached hydrogens (tertiary/aromatic N) is 2.